The van der Waals surface area contributed by atoms with Crippen molar-refractivity contribution in [2.24, 2.45) is 0 Å². The zero-order chi connectivity index (χ0) is 31.5. The van der Waals surface area contributed by atoms with Gasteiger partial charge < -0.3 is 10.2 Å². The molecular formula is C25H18Cl2F10N2O2. The minimum atomic E-state index is -5.33. The topological polar surface area (TPSA) is 49.4 Å². The monoisotopic (exact) mass is 638 g/mol. The van der Waals surface area contributed by atoms with Gasteiger partial charge in [0.25, 0.3) is 5.91 Å². The number of amides is 2. The van der Waals surface area contributed by atoms with E-state index in [0.717, 1.165) is 19.2 Å². The number of allylic oxidation sites excluding steroid dienone is 1. The summed E-state index contributed by atoms with van der Waals surface area (Å²) in [7, 11) is 0.747. The Morgan fingerprint density at radius 2 is 1.56 bits per heavy atom. The van der Waals surface area contributed by atoms with Crippen molar-refractivity contribution >= 4 is 46.9 Å². The highest BCUT2D eigenvalue weighted by molar-refractivity contribution is 6.37. The van der Waals surface area contributed by atoms with E-state index < -0.39 is 77.4 Å². The molecule has 2 rings (SSSR count). The first-order valence-electron chi connectivity index (χ1n) is 11.0. The molecule has 1 unspecified atom stereocenters. The van der Waals surface area contributed by atoms with Gasteiger partial charge in [-0.1, -0.05) is 41.9 Å². The predicted octanol–water partition coefficient (Wildman–Crippen LogP) is 8.06. The van der Waals surface area contributed by atoms with Gasteiger partial charge in [0.2, 0.25) is 5.91 Å². The molecule has 0 aromatic heterocycles. The number of rotatable bonds is 8. The average molecular weight is 639 g/mol. The first-order valence-corrected chi connectivity index (χ1v) is 11.8. The summed E-state index contributed by atoms with van der Waals surface area (Å²) in [6, 6.07) is 2.79. The van der Waals surface area contributed by atoms with Crippen LogP contribution in [0, 0.1) is 0 Å². The Kier molecular flexibility index (Phi) is 10.5. The van der Waals surface area contributed by atoms with Crippen LogP contribution in [0.25, 0.3) is 11.9 Å². The Labute approximate surface area is 236 Å². The molecule has 2 amide bonds. The fourth-order valence-electron chi connectivity index (χ4n) is 3.47. The van der Waals surface area contributed by atoms with Crippen LogP contribution < -0.4 is 5.32 Å². The Morgan fingerprint density at radius 1 is 1.00 bits per heavy atom. The van der Waals surface area contributed by atoms with Gasteiger partial charge in [0.1, 0.15) is 18.3 Å². The van der Waals surface area contributed by atoms with Crippen molar-refractivity contribution in [3.63, 3.8) is 0 Å². The van der Waals surface area contributed by atoms with Crippen LogP contribution in [0.3, 0.4) is 0 Å². The van der Waals surface area contributed by atoms with Crippen molar-refractivity contribution in [3.8, 4) is 0 Å². The molecule has 0 aliphatic rings. The first kappa shape index (κ1) is 33.9. The van der Waals surface area contributed by atoms with Crippen molar-refractivity contribution < 1.29 is 53.5 Å². The molecule has 0 aliphatic heterocycles. The Balaban J connectivity index is 2.44. The van der Waals surface area contributed by atoms with E-state index in [0.29, 0.717) is 12.1 Å². The normalized spacial score (nSPS) is 13.5. The molecule has 0 fully saturated rings. The lowest BCUT2D eigenvalue weighted by molar-refractivity contribution is -0.157. The molecule has 1 atom stereocenters. The molecule has 0 heterocycles. The highest BCUT2D eigenvalue weighted by atomic mass is 35.5. The molecule has 41 heavy (non-hydrogen) atoms. The quantitative estimate of drug-likeness (QED) is 0.297. The average Bonchev–Trinajstić information content (AvgIpc) is 2.82. The van der Waals surface area contributed by atoms with Crippen LogP contribution in [0.2, 0.25) is 10.0 Å². The zero-order valence-electron chi connectivity index (χ0n) is 20.5. The summed E-state index contributed by atoms with van der Waals surface area (Å²) >= 11 is 11.8. The Morgan fingerprint density at radius 3 is 2.02 bits per heavy atom. The highest BCUT2D eigenvalue weighted by Gasteiger charge is 2.41. The molecule has 0 saturated heterocycles. The second kappa shape index (κ2) is 12.7. The van der Waals surface area contributed by atoms with Gasteiger partial charge in [0, 0.05) is 28.2 Å². The number of hydrogen-bond donors (Lipinski definition) is 1. The van der Waals surface area contributed by atoms with E-state index in [1.54, 1.807) is 5.32 Å². The summed E-state index contributed by atoms with van der Waals surface area (Å²) < 4.78 is 135. The number of alkyl halides is 9. The van der Waals surface area contributed by atoms with Crippen LogP contribution >= 0.6 is 23.2 Å². The van der Waals surface area contributed by atoms with Crippen LogP contribution in [0.4, 0.5) is 43.9 Å². The third-order valence-electron chi connectivity index (χ3n) is 5.42. The summed E-state index contributed by atoms with van der Waals surface area (Å²) in [5, 5.41) is 1.24. The van der Waals surface area contributed by atoms with Gasteiger partial charge in [-0.2, -0.15) is 39.5 Å². The van der Waals surface area contributed by atoms with Crippen molar-refractivity contribution in [2.75, 3.05) is 20.1 Å². The van der Waals surface area contributed by atoms with Gasteiger partial charge >= 0.3 is 18.5 Å². The van der Waals surface area contributed by atoms with E-state index in [1.165, 1.54) is 6.08 Å². The minimum Gasteiger partial charge on any atom is -0.343 e. The third kappa shape index (κ3) is 9.12. The number of halogens is 12. The molecule has 2 aromatic carbocycles. The second-order valence-electron chi connectivity index (χ2n) is 8.44. The maximum Gasteiger partial charge on any atom is 0.417 e. The minimum absolute atomic E-state index is 0.0000409. The predicted molar refractivity (Wildman–Crippen MR) is 132 cm³/mol. The number of carbonyl (C=O) groups excluding carboxylic acids is 2. The molecule has 4 nitrogen and oxygen atoms in total. The molecule has 0 saturated carbocycles. The van der Waals surface area contributed by atoms with E-state index in [1.807, 2.05) is 0 Å². The number of nitrogens with one attached hydrogen (secondary N) is 1. The molecule has 16 heteroatoms. The van der Waals surface area contributed by atoms with E-state index in [4.69, 9.17) is 23.2 Å². The van der Waals surface area contributed by atoms with Crippen LogP contribution in [-0.4, -0.2) is 49.2 Å². The summed E-state index contributed by atoms with van der Waals surface area (Å²) in [5.74, 6) is -7.28. The fraction of sp³-hybridized carbons (Fsp3) is 0.280. The van der Waals surface area contributed by atoms with Gasteiger partial charge in [-0.3, -0.25) is 9.59 Å². The number of carbonyl (C=O) groups is 2. The Hall–Kier alpha value is -3.26. The van der Waals surface area contributed by atoms with Crippen molar-refractivity contribution in [1.82, 2.24) is 10.2 Å². The van der Waals surface area contributed by atoms with E-state index in [-0.39, 0.29) is 32.7 Å². The standard InChI is InChI=1S/C25H18Cl2F10N2O2/c1-3-14-18(26)7-13(8-19(14)27)16(24(32,33)34)9-20(28)12-4-5-15(17(6-12)25(35,36)37)22(41)38-10-21(40)39(2)11-23(29,30)31/h3-9,16H,1,10-11H2,2H3,(H,38,41)/b20-9-. The van der Waals surface area contributed by atoms with Crippen molar-refractivity contribution in [1.29, 1.82) is 0 Å². The smallest absolute Gasteiger partial charge is 0.343 e. The first-order chi connectivity index (χ1) is 18.7. The Bertz CT molecular complexity index is 1330. The highest BCUT2D eigenvalue weighted by Crippen LogP contribution is 2.42. The van der Waals surface area contributed by atoms with E-state index >= 15 is 0 Å². The molecule has 0 aliphatic carbocycles. The number of likely N-dealkylation sites (N-methyl/N-ethyl adjacent to an activating group) is 1. The second-order valence-corrected chi connectivity index (χ2v) is 9.26. The van der Waals surface area contributed by atoms with Crippen LogP contribution in [0.5, 0.6) is 0 Å². The molecule has 1 N–H and O–H groups in total. The lowest BCUT2D eigenvalue weighted by atomic mass is 9.94. The van der Waals surface area contributed by atoms with E-state index in [2.05, 4.69) is 6.58 Å². The van der Waals surface area contributed by atoms with Crippen LogP contribution in [0.15, 0.2) is 43.0 Å². The van der Waals surface area contributed by atoms with Gasteiger partial charge in [-0.25, -0.2) is 4.39 Å². The van der Waals surface area contributed by atoms with Crippen molar-refractivity contribution in [2.45, 2.75) is 24.4 Å². The van der Waals surface area contributed by atoms with Gasteiger partial charge in [0.15, 0.2) is 0 Å². The molecule has 0 spiro atoms. The summed E-state index contributed by atoms with van der Waals surface area (Å²) in [4.78, 5) is 24.3. The largest absolute Gasteiger partial charge is 0.417 e. The summed E-state index contributed by atoms with van der Waals surface area (Å²) in [6.07, 6.45) is -14.1. The van der Waals surface area contributed by atoms with Gasteiger partial charge in [-0.15, -0.1) is 0 Å². The maximum absolute atomic E-state index is 15.0. The third-order valence-corrected chi connectivity index (χ3v) is 6.04. The van der Waals surface area contributed by atoms with Gasteiger partial charge in [0.05, 0.1) is 17.7 Å². The summed E-state index contributed by atoms with van der Waals surface area (Å²) in [6.45, 7) is 0.610. The molecule has 0 radical (unpaired) electrons. The van der Waals surface area contributed by atoms with Gasteiger partial charge in [-0.05, 0) is 35.9 Å². The molecule has 224 valence electrons. The summed E-state index contributed by atoms with van der Waals surface area (Å²) in [5.41, 5.74) is -4.45. The lowest BCUT2D eigenvalue weighted by Gasteiger charge is -2.20. The maximum atomic E-state index is 15.0. The zero-order valence-corrected chi connectivity index (χ0v) is 22.1. The molecule has 0 bridgehead atoms. The van der Waals surface area contributed by atoms with E-state index in [9.17, 15) is 53.5 Å². The number of benzene rings is 2. The fourth-order valence-corrected chi connectivity index (χ4v) is 4.13. The van der Waals surface area contributed by atoms with Crippen LogP contribution in [0.1, 0.15) is 38.5 Å². The molecular weight excluding hydrogens is 621 g/mol. The van der Waals surface area contributed by atoms with Crippen molar-refractivity contribution in [3.05, 3.63) is 80.8 Å². The number of nitrogens with zero attached hydrogens (tertiary/aromatic N) is 1. The lowest BCUT2D eigenvalue weighted by Crippen LogP contribution is -2.42. The molecule has 2 aromatic rings. The van der Waals surface area contributed by atoms with Crippen LogP contribution in [-0.2, 0) is 11.0 Å². The number of hydrogen-bond acceptors (Lipinski definition) is 2. The SMILES string of the molecule is C=Cc1c(Cl)cc(C(/C=C(\F)c2ccc(C(=O)NCC(=O)N(C)CC(F)(F)F)c(C(F)(F)F)c2)C(F)(F)F)cc1Cl.